The van der Waals surface area contributed by atoms with Crippen LogP contribution in [0.5, 0.6) is 0 Å². The third kappa shape index (κ3) is 4.08. The van der Waals surface area contributed by atoms with Gasteiger partial charge in [0, 0.05) is 10.9 Å². The molecular formula is C13H22ClNS. The summed E-state index contributed by atoms with van der Waals surface area (Å²) in [5.74, 6) is 0.658. The zero-order chi connectivity index (χ0) is 12.3. The normalized spacial score (nSPS) is 16.1. The van der Waals surface area contributed by atoms with Crippen molar-refractivity contribution in [3.05, 3.63) is 21.3 Å². The van der Waals surface area contributed by atoms with Gasteiger partial charge in [-0.25, -0.2) is 0 Å². The Labute approximate surface area is 108 Å². The van der Waals surface area contributed by atoms with E-state index < -0.39 is 0 Å². The van der Waals surface area contributed by atoms with Crippen LogP contribution in [0.15, 0.2) is 12.1 Å². The van der Waals surface area contributed by atoms with Gasteiger partial charge in [-0.3, -0.25) is 0 Å². The largest absolute Gasteiger partial charge is 0.309 e. The van der Waals surface area contributed by atoms with E-state index in [1.54, 1.807) is 11.3 Å². The lowest BCUT2D eigenvalue weighted by Gasteiger charge is -2.28. The Kier molecular flexibility index (Phi) is 4.84. The predicted molar refractivity (Wildman–Crippen MR) is 74.4 cm³/mol. The molecule has 0 saturated carbocycles. The predicted octanol–water partition coefficient (Wildman–Crippen LogP) is 4.73. The number of thiophene rings is 1. The number of nitrogens with one attached hydrogen (secondary N) is 1. The Morgan fingerprint density at radius 2 is 1.94 bits per heavy atom. The van der Waals surface area contributed by atoms with Crippen LogP contribution in [-0.4, -0.2) is 6.54 Å². The van der Waals surface area contributed by atoms with Crippen LogP contribution in [0.3, 0.4) is 0 Å². The molecule has 92 valence electrons. The fourth-order valence-corrected chi connectivity index (χ4v) is 2.41. The SMILES string of the molecule is CC(NCC(C)C(C)(C)C)c1ccc(Cl)s1. The van der Waals surface area contributed by atoms with Gasteiger partial charge in [-0.2, -0.15) is 0 Å². The molecule has 0 aromatic carbocycles. The Balaban J connectivity index is 2.44. The molecule has 0 spiro atoms. The third-order valence-electron chi connectivity index (χ3n) is 3.23. The monoisotopic (exact) mass is 259 g/mol. The van der Waals surface area contributed by atoms with E-state index in [1.807, 2.05) is 6.07 Å². The van der Waals surface area contributed by atoms with Crippen LogP contribution in [0, 0.1) is 11.3 Å². The minimum atomic E-state index is 0.361. The molecule has 0 aliphatic heterocycles. The van der Waals surface area contributed by atoms with Crippen LogP contribution in [0.25, 0.3) is 0 Å². The van der Waals surface area contributed by atoms with Crippen LogP contribution < -0.4 is 5.32 Å². The van der Waals surface area contributed by atoms with Gasteiger partial charge in [0.25, 0.3) is 0 Å². The summed E-state index contributed by atoms with van der Waals surface area (Å²) in [4.78, 5) is 1.31. The van der Waals surface area contributed by atoms with Gasteiger partial charge in [0.15, 0.2) is 0 Å². The van der Waals surface area contributed by atoms with Crippen molar-refractivity contribution in [3.8, 4) is 0 Å². The van der Waals surface area contributed by atoms with Crippen molar-refractivity contribution in [2.75, 3.05) is 6.54 Å². The smallest absolute Gasteiger partial charge is 0.0931 e. The summed E-state index contributed by atoms with van der Waals surface area (Å²) in [6, 6.07) is 4.46. The van der Waals surface area contributed by atoms with Crippen molar-refractivity contribution < 1.29 is 0 Å². The van der Waals surface area contributed by atoms with Gasteiger partial charge >= 0.3 is 0 Å². The summed E-state index contributed by atoms with van der Waals surface area (Å²) < 4.78 is 0.868. The Morgan fingerprint density at radius 1 is 1.31 bits per heavy atom. The van der Waals surface area contributed by atoms with E-state index in [-0.39, 0.29) is 0 Å². The van der Waals surface area contributed by atoms with E-state index in [0.29, 0.717) is 17.4 Å². The lowest BCUT2D eigenvalue weighted by molar-refractivity contribution is 0.247. The molecule has 1 heterocycles. The van der Waals surface area contributed by atoms with Gasteiger partial charge in [-0.1, -0.05) is 39.3 Å². The van der Waals surface area contributed by atoms with Crippen molar-refractivity contribution >= 4 is 22.9 Å². The maximum absolute atomic E-state index is 5.93. The highest BCUT2D eigenvalue weighted by atomic mass is 35.5. The van der Waals surface area contributed by atoms with Gasteiger partial charge in [0.1, 0.15) is 0 Å². The number of hydrogen-bond acceptors (Lipinski definition) is 2. The van der Waals surface area contributed by atoms with E-state index in [1.165, 1.54) is 4.88 Å². The first-order valence-corrected chi connectivity index (χ1v) is 6.98. The van der Waals surface area contributed by atoms with Crippen LogP contribution in [0.4, 0.5) is 0 Å². The highest BCUT2D eigenvalue weighted by molar-refractivity contribution is 7.16. The van der Waals surface area contributed by atoms with Crippen molar-refractivity contribution in [2.24, 2.45) is 11.3 Å². The van der Waals surface area contributed by atoms with Crippen molar-refractivity contribution in [1.29, 1.82) is 0 Å². The number of halogens is 1. The molecule has 0 aliphatic rings. The van der Waals surface area contributed by atoms with E-state index in [4.69, 9.17) is 11.6 Å². The van der Waals surface area contributed by atoms with Gasteiger partial charge in [0.2, 0.25) is 0 Å². The highest BCUT2D eigenvalue weighted by Gasteiger charge is 2.20. The molecule has 1 nitrogen and oxygen atoms in total. The van der Waals surface area contributed by atoms with Crippen LogP contribution in [-0.2, 0) is 0 Å². The average molecular weight is 260 g/mol. The first kappa shape index (κ1) is 14.0. The molecule has 1 rings (SSSR count). The van der Waals surface area contributed by atoms with Crippen LogP contribution in [0.2, 0.25) is 4.34 Å². The summed E-state index contributed by atoms with van der Waals surface area (Å²) in [6.45, 7) is 12.4. The van der Waals surface area contributed by atoms with Crippen LogP contribution in [0.1, 0.15) is 45.5 Å². The topological polar surface area (TPSA) is 12.0 Å². The first-order valence-electron chi connectivity index (χ1n) is 5.79. The summed E-state index contributed by atoms with van der Waals surface area (Å²) >= 11 is 7.59. The van der Waals surface area contributed by atoms with Crippen molar-refractivity contribution in [3.63, 3.8) is 0 Å². The second kappa shape index (κ2) is 5.52. The fraction of sp³-hybridized carbons (Fsp3) is 0.692. The Morgan fingerprint density at radius 3 is 2.38 bits per heavy atom. The Hall–Kier alpha value is -0.0500. The molecule has 2 atom stereocenters. The Bertz CT molecular complexity index is 327. The summed E-state index contributed by atoms with van der Waals surface area (Å²) in [6.07, 6.45) is 0. The molecule has 2 unspecified atom stereocenters. The van der Waals surface area contributed by atoms with Gasteiger partial charge in [-0.05, 0) is 36.9 Å². The highest BCUT2D eigenvalue weighted by Crippen LogP contribution is 2.28. The molecule has 1 aromatic rings. The molecule has 0 radical (unpaired) electrons. The molecule has 1 aromatic heterocycles. The zero-order valence-corrected chi connectivity index (χ0v) is 12.4. The molecule has 0 aliphatic carbocycles. The van der Waals surface area contributed by atoms with Gasteiger partial charge in [-0.15, -0.1) is 11.3 Å². The standard InChI is InChI=1S/C13H22ClNS/c1-9(13(3,4)5)8-15-10(2)11-6-7-12(14)16-11/h6-7,9-10,15H,8H2,1-5H3. The molecule has 0 amide bonds. The fourth-order valence-electron chi connectivity index (χ4n) is 1.32. The maximum atomic E-state index is 5.93. The molecular weight excluding hydrogens is 238 g/mol. The van der Waals surface area contributed by atoms with E-state index in [9.17, 15) is 0 Å². The molecule has 0 saturated heterocycles. The molecule has 3 heteroatoms. The number of rotatable bonds is 4. The zero-order valence-electron chi connectivity index (χ0n) is 10.8. The van der Waals surface area contributed by atoms with E-state index in [2.05, 4.69) is 46.0 Å². The minimum absolute atomic E-state index is 0.361. The second-order valence-electron chi connectivity index (χ2n) is 5.54. The summed E-state index contributed by atoms with van der Waals surface area (Å²) in [7, 11) is 0. The summed E-state index contributed by atoms with van der Waals surface area (Å²) in [5.41, 5.74) is 0.361. The second-order valence-corrected chi connectivity index (χ2v) is 7.29. The minimum Gasteiger partial charge on any atom is -0.309 e. The van der Waals surface area contributed by atoms with E-state index in [0.717, 1.165) is 10.9 Å². The van der Waals surface area contributed by atoms with Crippen molar-refractivity contribution in [2.45, 2.75) is 40.7 Å². The van der Waals surface area contributed by atoms with Crippen molar-refractivity contribution in [1.82, 2.24) is 5.32 Å². The molecule has 0 bridgehead atoms. The molecule has 1 N–H and O–H groups in total. The van der Waals surface area contributed by atoms with Gasteiger partial charge < -0.3 is 5.32 Å². The molecule has 16 heavy (non-hydrogen) atoms. The van der Waals surface area contributed by atoms with E-state index >= 15 is 0 Å². The first-order chi connectivity index (χ1) is 7.30. The average Bonchev–Trinajstić information content (AvgIpc) is 2.59. The van der Waals surface area contributed by atoms with Gasteiger partial charge in [0.05, 0.1) is 4.34 Å². The number of hydrogen-bond donors (Lipinski definition) is 1. The lowest BCUT2D eigenvalue weighted by atomic mass is 9.82. The summed E-state index contributed by atoms with van der Waals surface area (Å²) in [5, 5.41) is 3.57. The lowest BCUT2D eigenvalue weighted by Crippen LogP contribution is -2.31. The third-order valence-corrected chi connectivity index (χ3v) is 4.64. The molecule has 0 fully saturated rings. The quantitative estimate of drug-likeness (QED) is 0.824. The maximum Gasteiger partial charge on any atom is 0.0931 e. The van der Waals surface area contributed by atoms with Crippen LogP contribution >= 0.6 is 22.9 Å².